The number of aryl methyl sites for hydroxylation is 1. The van der Waals surface area contributed by atoms with Gasteiger partial charge in [-0.2, -0.15) is 5.26 Å². The van der Waals surface area contributed by atoms with Crippen LogP contribution in [0.3, 0.4) is 0 Å². The number of nitriles is 1. The van der Waals surface area contributed by atoms with Gasteiger partial charge < -0.3 is 0 Å². The first kappa shape index (κ1) is 12.4. The highest BCUT2D eigenvalue weighted by Crippen LogP contribution is 2.10. The van der Waals surface area contributed by atoms with Gasteiger partial charge in [0.15, 0.2) is 0 Å². The number of unbranched alkanes of at least 4 members (excludes halogenated alkanes) is 3. The van der Waals surface area contributed by atoms with Crippen LogP contribution in [0.4, 0.5) is 0 Å². The van der Waals surface area contributed by atoms with Gasteiger partial charge in [0.25, 0.3) is 5.78 Å². The Morgan fingerprint density at radius 2 is 1.88 bits per heavy atom. The summed E-state index contributed by atoms with van der Waals surface area (Å²) < 4.78 is 0. The van der Waals surface area contributed by atoms with E-state index in [1.807, 2.05) is 12.1 Å². The van der Waals surface area contributed by atoms with Gasteiger partial charge >= 0.3 is 0 Å². The molecule has 0 fully saturated rings. The van der Waals surface area contributed by atoms with Gasteiger partial charge in [-0.1, -0.05) is 50.5 Å². The number of hydrogen-bond donors (Lipinski definition) is 0. The Balaban J connectivity index is 2.46. The molecule has 84 valence electrons. The summed E-state index contributed by atoms with van der Waals surface area (Å²) in [7, 11) is 0. The summed E-state index contributed by atoms with van der Waals surface area (Å²) >= 11 is 0. The largest absolute Gasteiger partial charge is 0.277 e. The van der Waals surface area contributed by atoms with Crippen LogP contribution >= 0.6 is 0 Å². The van der Waals surface area contributed by atoms with Gasteiger partial charge in [-0.25, -0.2) is 0 Å². The molecule has 16 heavy (non-hydrogen) atoms. The molecule has 0 aliphatic heterocycles. The molecule has 0 atom stereocenters. The molecule has 0 N–H and O–H groups in total. The molecule has 0 aromatic heterocycles. The van der Waals surface area contributed by atoms with Crippen molar-refractivity contribution in [2.45, 2.75) is 39.0 Å². The van der Waals surface area contributed by atoms with Gasteiger partial charge in [0.2, 0.25) is 0 Å². The standard InChI is InChI=1S/C14H17NO/c1-2-3-4-5-6-12-7-9-13(10-8-12)14(16)11-15/h7-10H,2-6H2,1H3. The fraction of sp³-hybridized carbons (Fsp3) is 0.429. The van der Waals surface area contributed by atoms with Crippen molar-refractivity contribution < 1.29 is 4.79 Å². The number of benzene rings is 1. The number of carbonyl (C=O) groups excluding carboxylic acids is 1. The predicted molar refractivity (Wildman–Crippen MR) is 64.2 cm³/mol. The van der Waals surface area contributed by atoms with Crippen LogP contribution in [0.25, 0.3) is 0 Å². The van der Waals surface area contributed by atoms with E-state index in [1.165, 1.54) is 31.2 Å². The Bertz CT molecular complexity index is 373. The molecule has 0 saturated heterocycles. The summed E-state index contributed by atoms with van der Waals surface area (Å²) in [5.74, 6) is -0.461. The normalized spacial score (nSPS) is 9.75. The molecular formula is C14H17NO. The predicted octanol–water partition coefficient (Wildman–Crippen LogP) is 3.52. The van der Waals surface area contributed by atoms with Crippen LogP contribution in [0.15, 0.2) is 24.3 Å². The summed E-state index contributed by atoms with van der Waals surface area (Å²) in [6, 6.07) is 8.98. The monoisotopic (exact) mass is 215 g/mol. The van der Waals surface area contributed by atoms with Gasteiger partial charge in [-0.15, -0.1) is 0 Å². The number of Topliss-reactive ketones (excluding diaryl/α,β-unsaturated/α-hetero) is 1. The molecule has 0 aliphatic rings. The maximum absolute atomic E-state index is 11.1. The Morgan fingerprint density at radius 1 is 1.19 bits per heavy atom. The second-order valence-electron chi connectivity index (χ2n) is 3.95. The first-order chi connectivity index (χ1) is 7.77. The van der Waals surface area contributed by atoms with Crippen LogP contribution in [0.2, 0.25) is 0 Å². The van der Waals surface area contributed by atoms with E-state index in [0.29, 0.717) is 5.56 Å². The summed E-state index contributed by atoms with van der Waals surface area (Å²) in [6.07, 6.45) is 6.04. The molecule has 0 saturated carbocycles. The van der Waals surface area contributed by atoms with E-state index in [2.05, 4.69) is 6.92 Å². The molecule has 0 spiro atoms. The van der Waals surface area contributed by atoms with Crippen LogP contribution < -0.4 is 0 Å². The summed E-state index contributed by atoms with van der Waals surface area (Å²) in [4.78, 5) is 11.1. The lowest BCUT2D eigenvalue weighted by atomic mass is 10.0. The lowest BCUT2D eigenvalue weighted by molar-refractivity contribution is 0.105. The second kappa shape index (κ2) is 6.79. The molecule has 0 radical (unpaired) electrons. The summed E-state index contributed by atoms with van der Waals surface area (Å²) in [5, 5.41) is 8.46. The topological polar surface area (TPSA) is 40.9 Å². The van der Waals surface area contributed by atoms with Crippen molar-refractivity contribution in [1.82, 2.24) is 0 Å². The van der Waals surface area contributed by atoms with Crippen LogP contribution in [0.5, 0.6) is 0 Å². The molecule has 0 amide bonds. The van der Waals surface area contributed by atoms with E-state index in [-0.39, 0.29) is 0 Å². The zero-order chi connectivity index (χ0) is 11.8. The molecular weight excluding hydrogens is 198 g/mol. The molecule has 0 unspecified atom stereocenters. The van der Waals surface area contributed by atoms with Crippen LogP contribution in [-0.4, -0.2) is 5.78 Å². The SMILES string of the molecule is CCCCCCc1ccc(C(=O)C#N)cc1. The van der Waals surface area contributed by atoms with Crippen molar-refractivity contribution in [3.05, 3.63) is 35.4 Å². The van der Waals surface area contributed by atoms with Crippen LogP contribution in [0.1, 0.15) is 48.5 Å². The minimum atomic E-state index is -0.461. The second-order valence-corrected chi connectivity index (χ2v) is 3.95. The van der Waals surface area contributed by atoms with Crippen molar-refractivity contribution in [2.24, 2.45) is 0 Å². The van der Waals surface area contributed by atoms with Crippen molar-refractivity contribution in [2.75, 3.05) is 0 Å². The average molecular weight is 215 g/mol. The number of ketones is 1. The summed E-state index contributed by atoms with van der Waals surface area (Å²) in [6.45, 7) is 2.20. The van der Waals surface area contributed by atoms with Gasteiger partial charge in [-0.05, 0) is 18.4 Å². The fourth-order valence-electron chi connectivity index (χ4n) is 1.64. The van der Waals surface area contributed by atoms with Crippen LogP contribution in [0, 0.1) is 11.3 Å². The van der Waals surface area contributed by atoms with E-state index in [9.17, 15) is 4.79 Å². The molecule has 0 heterocycles. The van der Waals surface area contributed by atoms with E-state index < -0.39 is 5.78 Å². The number of rotatable bonds is 6. The lowest BCUT2D eigenvalue weighted by Gasteiger charge is -2.01. The van der Waals surface area contributed by atoms with Crippen LogP contribution in [-0.2, 0) is 6.42 Å². The first-order valence-corrected chi connectivity index (χ1v) is 5.81. The van der Waals surface area contributed by atoms with Crippen molar-refractivity contribution in [3.8, 4) is 6.07 Å². The molecule has 0 bridgehead atoms. The minimum absolute atomic E-state index is 0.461. The average Bonchev–Trinajstić information content (AvgIpc) is 2.34. The highest BCUT2D eigenvalue weighted by molar-refractivity contribution is 6.07. The number of carbonyl (C=O) groups is 1. The molecule has 1 aromatic carbocycles. The molecule has 2 heteroatoms. The highest BCUT2D eigenvalue weighted by atomic mass is 16.1. The zero-order valence-corrected chi connectivity index (χ0v) is 9.70. The Kier molecular flexibility index (Phi) is 5.28. The smallest absolute Gasteiger partial charge is 0.262 e. The molecule has 0 aliphatic carbocycles. The Morgan fingerprint density at radius 3 is 2.44 bits per heavy atom. The molecule has 1 rings (SSSR count). The maximum atomic E-state index is 11.1. The van der Waals surface area contributed by atoms with Gasteiger partial charge in [0.05, 0.1) is 0 Å². The first-order valence-electron chi connectivity index (χ1n) is 5.81. The maximum Gasteiger partial charge on any atom is 0.262 e. The van der Waals surface area contributed by atoms with E-state index >= 15 is 0 Å². The van der Waals surface area contributed by atoms with E-state index in [1.54, 1.807) is 18.2 Å². The Labute approximate surface area is 96.9 Å². The Hall–Kier alpha value is -1.62. The van der Waals surface area contributed by atoms with E-state index in [4.69, 9.17) is 5.26 Å². The van der Waals surface area contributed by atoms with Crippen molar-refractivity contribution in [1.29, 1.82) is 5.26 Å². The van der Waals surface area contributed by atoms with Gasteiger partial charge in [-0.3, -0.25) is 4.79 Å². The minimum Gasteiger partial charge on any atom is -0.277 e. The van der Waals surface area contributed by atoms with Gasteiger partial charge in [0, 0.05) is 5.56 Å². The quantitative estimate of drug-likeness (QED) is 0.414. The number of hydrogen-bond acceptors (Lipinski definition) is 2. The molecule has 2 nitrogen and oxygen atoms in total. The number of nitrogens with zero attached hydrogens (tertiary/aromatic N) is 1. The third kappa shape index (κ3) is 3.86. The van der Waals surface area contributed by atoms with Crippen molar-refractivity contribution in [3.63, 3.8) is 0 Å². The third-order valence-electron chi connectivity index (χ3n) is 2.64. The van der Waals surface area contributed by atoms with Gasteiger partial charge in [0.1, 0.15) is 6.07 Å². The fourth-order valence-corrected chi connectivity index (χ4v) is 1.64. The zero-order valence-electron chi connectivity index (χ0n) is 9.70. The molecule has 1 aromatic rings. The summed E-state index contributed by atoms with van der Waals surface area (Å²) in [5.41, 5.74) is 1.73. The highest BCUT2D eigenvalue weighted by Gasteiger charge is 2.02. The van der Waals surface area contributed by atoms with E-state index in [0.717, 1.165) is 6.42 Å². The third-order valence-corrected chi connectivity index (χ3v) is 2.64. The lowest BCUT2D eigenvalue weighted by Crippen LogP contribution is -1.94. The van der Waals surface area contributed by atoms with Crippen molar-refractivity contribution >= 4 is 5.78 Å².